The number of aryl methyl sites for hydroxylation is 1. The molecular formula is C19H33IN4O. The third-order valence-corrected chi connectivity index (χ3v) is 4.36. The molecule has 25 heavy (non-hydrogen) atoms. The molecule has 1 aliphatic carbocycles. The van der Waals surface area contributed by atoms with Crippen LogP contribution in [0.4, 0.5) is 0 Å². The Morgan fingerprint density at radius 2 is 1.96 bits per heavy atom. The first-order valence-corrected chi connectivity index (χ1v) is 9.03. The standard InChI is InChI=1S/C19H32N4O.HI/c1-5-20-19(22-14-16(3)23(4)17-8-9-17)21-12-13-24-18-10-6-15(2)7-11-18;/h6-7,10-11,16-17H,5,8-9,12-14H2,1-4H3,(H2,20,21,22);1H. The molecule has 2 rings (SSSR count). The van der Waals surface area contributed by atoms with Crippen molar-refractivity contribution in [2.75, 3.05) is 33.3 Å². The highest BCUT2D eigenvalue weighted by Gasteiger charge is 2.28. The molecule has 0 aliphatic heterocycles. The van der Waals surface area contributed by atoms with Crippen LogP contribution in [0.15, 0.2) is 29.3 Å². The van der Waals surface area contributed by atoms with Crippen molar-refractivity contribution < 1.29 is 4.74 Å². The molecule has 1 aromatic carbocycles. The van der Waals surface area contributed by atoms with Gasteiger partial charge in [0.25, 0.3) is 0 Å². The summed E-state index contributed by atoms with van der Waals surface area (Å²) in [5, 5.41) is 6.63. The van der Waals surface area contributed by atoms with E-state index in [0.717, 1.165) is 37.4 Å². The fraction of sp³-hybridized carbons (Fsp3) is 0.632. The first-order chi connectivity index (χ1) is 11.6. The van der Waals surface area contributed by atoms with Crippen molar-refractivity contribution >= 4 is 29.9 Å². The average molecular weight is 460 g/mol. The summed E-state index contributed by atoms with van der Waals surface area (Å²) < 4.78 is 5.74. The number of halogens is 1. The molecule has 142 valence electrons. The lowest BCUT2D eigenvalue weighted by molar-refractivity contribution is 0.253. The van der Waals surface area contributed by atoms with E-state index in [1.165, 1.54) is 18.4 Å². The molecule has 0 amide bonds. The minimum atomic E-state index is 0. The molecule has 0 bridgehead atoms. The zero-order chi connectivity index (χ0) is 17.4. The number of nitrogens with zero attached hydrogens (tertiary/aromatic N) is 2. The molecule has 1 aromatic rings. The Hall–Kier alpha value is -1.02. The summed E-state index contributed by atoms with van der Waals surface area (Å²) >= 11 is 0. The van der Waals surface area contributed by atoms with E-state index in [4.69, 9.17) is 9.73 Å². The highest BCUT2D eigenvalue weighted by Crippen LogP contribution is 2.26. The molecule has 1 unspecified atom stereocenters. The molecule has 0 heterocycles. The van der Waals surface area contributed by atoms with Gasteiger partial charge in [-0.1, -0.05) is 17.7 Å². The van der Waals surface area contributed by atoms with Crippen LogP contribution in [0, 0.1) is 6.92 Å². The molecule has 0 spiro atoms. The van der Waals surface area contributed by atoms with E-state index in [2.05, 4.69) is 55.5 Å². The van der Waals surface area contributed by atoms with Gasteiger partial charge in [0.2, 0.25) is 0 Å². The van der Waals surface area contributed by atoms with Gasteiger partial charge in [-0.15, -0.1) is 24.0 Å². The predicted octanol–water partition coefficient (Wildman–Crippen LogP) is 3.03. The van der Waals surface area contributed by atoms with Crippen molar-refractivity contribution in [1.82, 2.24) is 15.5 Å². The number of ether oxygens (including phenoxy) is 1. The van der Waals surface area contributed by atoms with Gasteiger partial charge in [-0.3, -0.25) is 9.89 Å². The second-order valence-electron chi connectivity index (χ2n) is 6.55. The summed E-state index contributed by atoms with van der Waals surface area (Å²) in [6.07, 6.45) is 2.67. The third-order valence-electron chi connectivity index (χ3n) is 4.36. The highest BCUT2D eigenvalue weighted by atomic mass is 127. The van der Waals surface area contributed by atoms with Crippen LogP contribution in [0.5, 0.6) is 5.75 Å². The van der Waals surface area contributed by atoms with E-state index in [1.54, 1.807) is 0 Å². The van der Waals surface area contributed by atoms with Crippen LogP contribution in [0.1, 0.15) is 32.3 Å². The molecule has 6 heteroatoms. The van der Waals surface area contributed by atoms with Gasteiger partial charge in [0.1, 0.15) is 12.4 Å². The van der Waals surface area contributed by atoms with Crippen LogP contribution in [0.2, 0.25) is 0 Å². The van der Waals surface area contributed by atoms with E-state index in [-0.39, 0.29) is 24.0 Å². The summed E-state index contributed by atoms with van der Waals surface area (Å²) in [4.78, 5) is 7.14. The molecule has 1 fully saturated rings. The van der Waals surface area contributed by atoms with Crippen molar-refractivity contribution in [1.29, 1.82) is 0 Å². The van der Waals surface area contributed by atoms with Crippen LogP contribution in [0.25, 0.3) is 0 Å². The number of rotatable bonds is 9. The van der Waals surface area contributed by atoms with Gasteiger partial charge in [-0.05, 0) is 52.8 Å². The Morgan fingerprint density at radius 1 is 1.28 bits per heavy atom. The van der Waals surface area contributed by atoms with E-state index < -0.39 is 0 Å². The fourth-order valence-electron chi connectivity index (χ4n) is 2.51. The van der Waals surface area contributed by atoms with Crippen molar-refractivity contribution in [3.63, 3.8) is 0 Å². The number of guanidine groups is 1. The molecule has 1 saturated carbocycles. The van der Waals surface area contributed by atoms with Gasteiger partial charge in [-0.25, -0.2) is 0 Å². The quantitative estimate of drug-likeness (QED) is 0.258. The zero-order valence-corrected chi connectivity index (χ0v) is 18.2. The molecular weight excluding hydrogens is 427 g/mol. The van der Waals surface area contributed by atoms with E-state index in [1.807, 2.05) is 12.1 Å². The van der Waals surface area contributed by atoms with Crippen LogP contribution < -0.4 is 15.4 Å². The van der Waals surface area contributed by atoms with Crippen molar-refractivity contribution in [3.05, 3.63) is 29.8 Å². The lowest BCUT2D eigenvalue weighted by atomic mass is 10.2. The fourth-order valence-corrected chi connectivity index (χ4v) is 2.51. The molecule has 5 nitrogen and oxygen atoms in total. The summed E-state index contributed by atoms with van der Waals surface area (Å²) in [5.74, 6) is 1.77. The molecule has 1 aliphatic rings. The van der Waals surface area contributed by atoms with Gasteiger partial charge in [0.15, 0.2) is 5.96 Å². The Morgan fingerprint density at radius 3 is 2.56 bits per heavy atom. The predicted molar refractivity (Wildman–Crippen MR) is 116 cm³/mol. The van der Waals surface area contributed by atoms with Gasteiger partial charge in [0, 0.05) is 18.6 Å². The normalized spacial score (nSPS) is 15.5. The third kappa shape index (κ3) is 8.27. The molecule has 0 aromatic heterocycles. The smallest absolute Gasteiger partial charge is 0.191 e. The average Bonchev–Trinajstić information content (AvgIpc) is 3.42. The lowest BCUT2D eigenvalue weighted by Gasteiger charge is -2.23. The van der Waals surface area contributed by atoms with Crippen molar-refractivity contribution in [2.24, 2.45) is 4.99 Å². The van der Waals surface area contributed by atoms with Gasteiger partial charge < -0.3 is 15.4 Å². The Balaban J connectivity index is 0.00000312. The van der Waals surface area contributed by atoms with Crippen LogP contribution >= 0.6 is 24.0 Å². The van der Waals surface area contributed by atoms with Crippen LogP contribution in [-0.4, -0.2) is 56.2 Å². The number of hydrogen-bond donors (Lipinski definition) is 2. The summed E-state index contributed by atoms with van der Waals surface area (Å²) in [6, 6.07) is 9.37. The minimum absolute atomic E-state index is 0. The first kappa shape index (κ1) is 22.0. The van der Waals surface area contributed by atoms with Crippen LogP contribution in [0.3, 0.4) is 0 Å². The number of nitrogens with one attached hydrogen (secondary N) is 2. The topological polar surface area (TPSA) is 48.9 Å². The Labute approximate surface area is 169 Å². The van der Waals surface area contributed by atoms with Crippen LogP contribution in [-0.2, 0) is 0 Å². The molecule has 2 N–H and O–H groups in total. The summed E-state index contributed by atoms with van der Waals surface area (Å²) in [5.41, 5.74) is 1.24. The second kappa shape index (κ2) is 11.6. The van der Waals surface area contributed by atoms with E-state index in [9.17, 15) is 0 Å². The second-order valence-corrected chi connectivity index (χ2v) is 6.55. The van der Waals surface area contributed by atoms with Crippen molar-refractivity contribution in [3.8, 4) is 5.75 Å². The number of benzene rings is 1. The first-order valence-electron chi connectivity index (χ1n) is 9.03. The maximum atomic E-state index is 5.74. The molecule has 1 atom stereocenters. The minimum Gasteiger partial charge on any atom is -0.492 e. The van der Waals surface area contributed by atoms with E-state index in [0.29, 0.717) is 12.6 Å². The molecule has 0 saturated heterocycles. The van der Waals surface area contributed by atoms with Gasteiger partial charge in [0.05, 0.1) is 13.1 Å². The SMILES string of the molecule is CCNC(=NCC(C)N(C)C1CC1)NCCOc1ccc(C)cc1.I. The Kier molecular flexibility index (Phi) is 10.2. The maximum Gasteiger partial charge on any atom is 0.191 e. The van der Waals surface area contributed by atoms with Gasteiger partial charge >= 0.3 is 0 Å². The molecule has 0 radical (unpaired) electrons. The maximum absolute atomic E-state index is 5.74. The van der Waals surface area contributed by atoms with Gasteiger partial charge in [-0.2, -0.15) is 0 Å². The number of likely N-dealkylation sites (N-methyl/N-ethyl adjacent to an activating group) is 1. The largest absolute Gasteiger partial charge is 0.492 e. The van der Waals surface area contributed by atoms with Crippen molar-refractivity contribution in [2.45, 2.75) is 45.7 Å². The van der Waals surface area contributed by atoms with E-state index >= 15 is 0 Å². The number of aliphatic imine (C=N–C) groups is 1. The Bertz CT molecular complexity index is 517. The summed E-state index contributed by atoms with van der Waals surface area (Å²) in [7, 11) is 2.20. The monoisotopic (exact) mass is 460 g/mol. The number of hydrogen-bond acceptors (Lipinski definition) is 3. The highest BCUT2D eigenvalue weighted by molar-refractivity contribution is 14.0. The summed E-state index contributed by atoms with van der Waals surface area (Å²) in [6.45, 7) is 9.41. The zero-order valence-electron chi connectivity index (χ0n) is 15.9. The lowest BCUT2D eigenvalue weighted by Crippen LogP contribution is -2.41.